The summed E-state index contributed by atoms with van der Waals surface area (Å²) in [6.07, 6.45) is 3.30. The molecule has 0 aliphatic heterocycles. The van der Waals surface area contributed by atoms with Crippen molar-refractivity contribution in [1.29, 1.82) is 0 Å². The average Bonchev–Trinajstić information content (AvgIpc) is 3.55. The lowest BCUT2D eigenvalue weighted by Gasteiger charge is -2.17. The molecule has 8 nitrogen and oxygen atoms in total. The minimum absolute atomic E-state index is 0.0426. The molecule has 2 N–H and O–H groups in total. The first-order valence-corrected chi connectivity index (χ1v) is 14.6. The molecule has 2 atom stereocenters. The highest BCUT2D eigenvalue weighted by Crippen LogP contribution is 2.32. The number of hydrogen-bond donors (Lipinski definition) is 2. The topological polar surface area (TPSA) is 116 Å². The van der Waals surface area contributed by atoms with Crippen LogP contribution < -0.4 is 5.32 Å². The fourth-order valence-corrected chi connectivity index (χ4v) is 5.55. The summed E-state index contributed by atoms with van der Waals surface area (Å²) in [6, 6.07) is 17.3. The molecule has 2 unspecified atom stereocenters. The summed E-state index contributed by atoms with van der Waals surface area (Å²) >= 11 is 10.9. The van der Waals surface area contributed by atoms with Crippen molar-refractivity contribution in [3.63, 3.8) is 0 Å². The number of rotatable bonds is 9. The summed E-state index contributed by atoms with van der Waals surface area (Å²) in [5, 5.41) is 7.56. The van der Waals surface area contributed by atoms with Gasteiger partial charge in [-0.05, 0) is 60.4 Å². The summed E-state index contributed by atoms with van der Waals surface area (Å²) < 4.78 is 23.2. The van der Waals surface area contributed by atoms with Crippen molar-refractivity contribution >= 4 is 51.2 Å². The van der Waals surface area contributed by atoms with Crippen molar-refractivity contribution in [3.05, 3.63) is 105 Å². The molecule has 11 heteroatoms. The van der Waals surface area contributed by atoms with Gasteiger partial charge in [0.25, 0.3) is 5.91 Å². The maximum absolute atomic E-state index is 13.3. The summed E-state index contributed by atoms with van der Waals surface area (Å²) in [6.45, 7) is 4.61. The van der Waals surface area contributed by atoms with E-state index in [1.807, 2.05) is 30.3 Å². The molecule has 0 saturated heterocycles. The first-order chi connectivity index (χ1) is 19.2. The van der Waals surface area contributed by atoms with Gasteiger partial charge in [0.2, 0.25) is 0 Å². The lowest BCUT2D eigenvalue weighted by Crippen LogP contribution is -2.29. The van der Waals surface area contributed by atoms with Gasteiger partial charge in [0.15, 0.2) is 0 Å². The van der Waals surface area contributed by atoms with Gasteiger partial charge in [-0.2, -0.15) is 5.10 Å². The zero-order chi connectivity index (χ0) is 28.4. The molecule has 40 heavy (non-hydrogen) atoms. The zero-order valence-electron chi connectivity index (χ0n) is 21.8. The van der Waals surface area contributed by atoms with E-state index >= 15 is 0 Å². The summed E-state index contributed by atoms with van der Waals surface area (Å²) in [7, 11) is 0. The van der Waals surface area contributed by atoms with Crippen LogP contribution in [0.1, 0.15) is 38.8 Å². The van der Waals surface area contributed by atoms with Crippen LogP contribution in [0.25, 0.3) is 22.2 Å². The number of hydrogen-bond acceptors (Lipinski definition) is 5. The Kier molecular flexibility index (Phi) is 8.37. The Morgan fingerprint density at radius 2 is 1.77 bits per heavy atom. The van der Waals surface area contributed by atoms with Crippen LogP contribution >= 0.6 is 23.2 Å². The number of amides is 1. The SMILES string of the molecule is Cc1cc2nc(C(CNC(=O)c3c(Cl)cc(-c4cnn(CCS(=O)[O-])c4)cc3Cl)c3ccccc3)[nH]c2cc1C. The van der Waals surface area contributed by atoms with E-state index in [0.717, 1.165) is 28.0 Å². The third-order valence-electron chi connectivity index (χ3n) is 6.84. The molecule has 0 aliphatic carbocycles. The van der Waals surface area contributed by atoms with E-state index < -0.39 is 17.0 Å². The fourth-order valence-electron chi connectivity index (χ4n) is 4.55. The first-order valence-electron chi connectivity index (χ1n) is 12.6. The van der Waals surface area contributed by atoms with Gasteiger partial charge in [0.1, 0.15) is 5.82 Å². The number of nitrogens with zero attached hydrogens (tertiary/aromatic N) is 3. The van der Waals surface area contributed by atoms with E-state index in [1.54, 1.807) is 24.5 Å². The van der Waals surface area contributed by atoms with Gasteiger partial charge in [0.05, 0.1) is 45.3 Å². The predicted octanol–water partition coefficient (Wildman–Crippen LogP) is 5.79. The van der Waals surface area contributed by atoms with Crippen LogP contribution in [-0.2, 0) is 17.6 Å². The molecule has 0 bridgehead atoms. The molecule has 3 aromatic carbocycles. The van der Waals surface area contributed by atoms with Gasteiger partial charge >= 0.3 is 0 Å². The van der Waals surface area contributed by atoms with E-state index in [2.05, 4.69) is 41.4 Å². The summed E-state index contributed by atoms with van der Waals surface area (Å²) in [5.74, 6) is 0.0685. The molecule has 1 amide bonds. The third kappa shape index (κ3) is 6.13. The van der Waals surface area contributed by atoms with Crippen molar-refractivity contribution in [2.75, 3.05) is 12.3 Å². The maximum atomic E-state index is 13.3. The number of H-pyrrole nitrogens is 1. The largest absolute Gasteiger partial charge is 0.772 e. The number of aromatic nitrogens is 4. The molecular formula is C29H26Cl2N5O3S-. The molecule has 0 fully saturated rings. The molecular weight excluding hydrogens is 569 g/mol. The Labute approximate surface area is 244 Å². The Balaban J connectivity index is 1.38. The second-order valence-electron chi connectivity index (χ2n) is 9.56. The van der Waals surface area contributed by atoms with Gasteiger partial charge in [-0.1, -0.05) is 64.6 Å². The fraction of sp³-hybridized carbons (Fsp3) is 0.207. The molecule has 5 aromatic rings. The Morgan fingerprint density at radius 3 is 2.48 bits per heavy atom. The predicted molar refractivity (Wildman–Crippen MR) is 158 cm³/mol. The zero-order valence-corrected chi connectivity index (χ0v) is 24.1. The lowest BCUT2D eigenvalue weighted by molar-refractivity contribution is 0.0952. The molecule has 5 rings (SSSR count). The quantitative estimate of drug-likeness (QED) is 0.209. The van der Waals surface area contributed by atoms with Crippen LogP contribution in [0.5, 0.6) is 0 Å². The molecule has 2 heterocycles. The normalized spacial score (nSPS) is 12.9. The number of halogens is 2. The minimum Gasteiger partial charge on any atom is -0.772 e. The lowest BCUT2D eigenvalue weighted by atomic mass is 9.98. The van der Waals surface area contributed by atoms with Gasteiger partial charge in [0, 0.05) is 24.1 Å². The number of aromatic amines is 1. The summed E-state index contributed by atoms with van der Waals surface area (Å²) in [5.41, 5.74) is 6.68. The molecule has 2 aromatic heterocycles. The number of benzene rings is 3. The van der Waals surface area contributed by atoms with E-state index in [4.69, 9.17) is 28.2 Å². The maximum Gasteiger partial charge on any atom is 0.254 e. The van der Waals surface area contributed by atoms with Crippen LogP contribution in [0.2, 0.25) is 10.0 Å². The first kappa shape index (κ1) is 28.0. The Morgan fingerprint density at radius 1 is 1.07 bits per heavy atom. The van der Waals surface area contributed by atoms with Crippen LogP contribution in [-0.4, -0.2) is 46.7 Å². The number of aryl methyl sites for hydroxylation is 3. The number of carbonyl (C=O) groups is 1. The number of fused-ring (bicyclic) bond motifs is 1. The van der Waals surface area contributed by atoms with E-state index in [-0.39, 0.29) is 40.4 Å². The van der Waals surface area contributed by atoms with Crippen LogP contribution in [0.4, 0.5) is 0 Å². The highest BCUT2D eigenvalue weighted by molar-refractivity contribution is 7.79. The highest BCUT2D eigenvalue weighted by Gasteiger charge is 2.22. The van der Waals surface area contributed by atoms with Crippen molar-refractivity contribution < 1.29 is 13.6 Å². The molecule has 0 saturated carbocycles. The average molecular weight is 596 g/mol. The van der Waals surface area contributed by atoms with Crippen molar-refractivity contribution in [2.45, 2.75) is 26.3 Å². The van der Waals surface area contributed by atoms with E-state index in [1.165, 1.54) is 10.2 Å². The standard InChI is InChI=1S/C29H27Cl2N5O3S/c1-17-10-25-26(11-18(17)2)35-28(34-25)22(19-6-4-3-5-7-19)15-32-29(37)27-23(30)12-20(13-24(27)31)21-14-33-36(16-21)8-9-40(38)39/h3-7,10-14,16,22H,8-9,15H2,1-2H3,(H,32,37)(H,34,35)(H,38,39)/p-1. The van der Waals surface area contributed by atoms with Crippen molar-refractivity contribution in [2.24, 2.45) is 0 Å². The number of carbonyl (C=O) groups excluding carboxylic acids is 1. The number of imidazole rings is 1. The van der Waals surface area contributed by atoms with Crippen LogP contribution in [0.15, 0.2) is 67.0 Å². The van der Waals surface area contributed by atoms with Crippen molar-refractivity contribution in [1.82, 2.24) is 25.1 Å². The smallest absolute Gasteiger partial charge is 0.254 e. The molecule has 0 radical (unpaired) electrons. The van der Waals surface area contributed by atoms with Gasteiger partial charge in [-0.15, -0.1) is 0 Å². The summed E-state index contributed by atoms with van der Waals surface area (Å²) in [4.78, 5) is 21.6. The number of nitrogens with one attached hydrogen (secondary N) is 2. The second kappa shape index (κ2) is 11.9. The van der Waals surface area contributed by atoms with Crippen LogP contribution in [0, 0.1) is 13.8 Å². The Hall–Kier alpha value is -3.50. The monoisotopic (exact) mass is 594 g/mol. The molecule has 0 spiro atoms. The molecule has 206 valence electrons. The van der Waals surface area contributed by atoms with E-state index in [9.17, 15) is 13.6 Å². The van der Waals surface area contributed by atoms with Crippen LogP contribution in [0.3, 0.4) is 0 Å². The van der Waals surface area contributed by atoms with Crippen molar-refractivity contribution in [3.8, 4) is 11.1 Å². The Bertz CT molecular complexity index is 1660. The van der Waals surface area contributed by atoms with E-state index in [0.29, 0.717) is 11.1 Å². The van der Waals surface area contributed by atoms with Gasteiger partial charge < -0.3 is 14.9 Å². The highest BCUT2D eigenvalue weighted by atomic mass is 35.5. The van der Waals surface area contributed by atoms with Gasteiger partial charge in [-0.25, -0.2) is 4.98 Å². The third-order valence-corrected chi connectivity index (χ3v) is 7.95. The minimum atomic E-state index is -2.16. The second-order valence-corrected chi connectivity index (χ2v) is 11.4. The van der Waals surface area contributed by atoms with Gasteiger partial charge in [-0.3, -0.25) is 13.7 Å². The molecule has 0 aliphatic rings.